The third-order valence-electron chi connectivity index (χ3n) is 5.47. The number of para-hydroxylation sites is 1. The zero-order chi connectivity index (χ0) is 18.5. The van der Waals surface area contributed by atoms with Crippen molar-refractivity contribution in [1.82, 2.24) is 9.97 Å². The second kappa shape index (κ2) is 5.86. The standard InChI is InChI=1S/C26H16N2/c1-3-9-19-18(8-1)16-27-25-14-6-11-21(26(19)25)20-10-5-13-24-22(20)15-17-7-2-4-12-23(17)28-24/h1-16H. The van der Waals surface area contributed by atoms with Gasteiger partial charge in [-0.2, -0.15) is 0 Å². The quantitative estimate of drug-likeness (QED) is 0.240. The molecule has 0 amide bonds. The van der Waals surface area contributed by atoms with Gasteiger partial charge in [0.05, 0.1) is 16.6 Å². The largest absolute Gasteiger partial charge is 0.256 e. The number of hydrogen-bond donors (Lipinski definition) is 0. The summed E-state index contributed by atoms with van der Waals surface area (Å²) >= 11 is 0. The Labute approximate surface area is 162 Å². The van der Waals surface area contributed by atoms with Gasteiger partial charge >= 0.3 is 0 Å². The van der Waals surface area contributed by atoms with E-state index in [4.69, 9.17) is 9.97 Å². The van der Waals surface area contributed by atoms with Gasteiger partial charge in [0.15, 0.2) is 0 Å². The molecule has 0 bridgehead atoms. The highest BCUT2D eigenvalue weighted by molar-refractivity contribution is 6.15. The molecule has 0 aliphatic heterocycles. The Morgan fingerprint density at radius 1 is 0.500 bits per heavy atom. The van der Waals surface area contributed by atoms with Crippen LogP contribution in [0.15, 0.2) is 97.2 Å². The molecule has 0 atom stereocenters. The highest BCUT2D eigenvalue weighted by atomic mass is 14.7. The number of fused-ring (bicyclic) bond motifs is 5. The van der Waals surface area contributed by atoms with Gasteiger partial charge in [0.2, 0.25) is 0 Å². The van der Waals surface area contributed by atoms with E-state index in [1.54, 1.807) is 0 Å². The molecule has 0 radical (unpaired) electrons. The molecule has 28 heavy (non-hydrogen) atoms. The molecule has 0 spiro atoms. The number of hydrogen-bond acceptors (Lipinski definition) is 2. The molecule has 0 N–H and O–H groups in total. The van der Waals surface area contributed by atoms with Crippen LogP contribution in [0.25, 0.3) is 54.6 Å². The van der Waals surface area contributed by atoms with Crippen LogP contribution in [-0.4, -0.2) is 9.97 Å². The van der Waals surface area contributed by atoms with E-state index in [0.29, 0.717) is 0 Å². The fourth-order valence-corrected chi connectivity index (χ4v) is 4.17. The normalized spacial score (nSPS) is 11.6. The molecule has 0 aliphatic rings. The van der Waals surface area contributed by atoms with Crippen LogP contribution in [0.1, 0.15) is 0 Å². The molecule has 2 aromatic heterocycles. The maximum Gasteiger partial charge on any atom is 0.0715 e. The highest BCUT2D eigenvalue weighted by Crippen LogP contribution is 2.37. The molecule has 130 valence electrons. The van der Waals surface area contributed by atoms with Crippen molar-refractivity contribution in [1.29, 1.82) is 0 Å². The number of rotatable bonds is 1. The molecule has 0 saturated heterocycles. The number of benzene rings is 4. The van der Waals surface area contributed by atoms with Gasteiger partial charge in [-0.05, 0) is 40.8 Å². The minimum Gasteiger partial charge on any atom is -0.256 e. The van der Waals surface area contributed by atoms with E-state index in [1.165, 1.54) is 27.3 Å². The Kier molecular flexibility index (Phi) is 3.20. The van der Waals surface area contributed by atoms with E-state index in [1.807, 2.05) is 12.3 Å². The summed E-state index contributed by atoms with van der Waals surface area (Å²) in [6.45, 7) is 0. The summed E-state index contributed by atoms with van der Waals surface area (Å²) in [7, 11) is 0. The third-order valence-corrected chi connectivity index (χ3v) is 5.47. The highest BCUT2D eigenvalue weighted by Gasteiger charge is 2.12. The summed E-state index contributed by atoms with van der Waals surface area (Å²) in [5.74, 6) is 0. The van der Waals surface area contributed by atoms with Crippen LogP contribution >= 0.6 is 0 Å². The van der Waals surface area contributed by atoms with E-state index in [9.17, 15) is 0 Å². The van der Waals surface area contributed by atoms with Gasteiger partial charge in [0.1, 0.15) is 0 Å². The minimum absolute atomic E-state index is 1.02. The third kappa shape index (κ3) is 2.21. The first-order chi connectivity index (χ1) is 13.9. The second-order valence-corrected chi connectivity index (χ2v) is 7.10. The molecule has 0 unspecified atom stereocenters. The van der Waals surface area contributed by atoms with Crippen molar-refractivity contribution in [3.8, 4) is 11.1 Å². The summed E-state index contributed by atoms with van der Waals surface area (Å²) in [5.41, 5.74) is 5.45. The van der Waals surface area contributed by atoms with Gasteiger partial charge in [-0.25, -0.2) is 4.98 Å². The van der Waals surface area contributed by atoms with Crippen molar-refractivity contribution >= 4 is 43.5 Å². The van der Waals surface area contributed by atoms with Crippen molar-refractivity contribution in [2.45, 2.75) is 0 Å². The Morgan fingerprint density at radius 3 is 2.14 bits per heavy atom. The molecule has 6 rings (SSSR count). The first-order valence-electron chi connectivity index (χ1n) is 9.44. The Hall–Kier alpha value is -3.78. The van der Waals surface area contributed by atoms with E-state index >= 15 is 0 Å². The zero-order valence-corrected chi connectivity index (χ0v) is 15.1. The number of pyridine rings is 2. The van der Waals surface area contributed by atoms with Crippen LogP contribution in [0.3, 0.4) is 0 Å². The van der Waals surface area contributed by atoms with E-state index in [0.717, 1.165) is 27.3 Å². The van der Waals surface area contributed by atoms with Crippen molar-refractivity contribution in [3.05, 3.63) is 97.2 Å². The average Bonchev–Trinajstić information content (AvgIpc) is 2.76. The van der Waals surface area contributed by atoms with Crippen LogP contribution in [0, 0.1) is 0 Å². The fraction of sp³-hybridized carbons (Fsp3) is 0. The summed E-state index contributed by atoms with van der Waals surface area (Å²) in [6.07, 6.45) is 1.96. The summed E-state index contributed by atoms with van der Waals surface area (Å²) in [5, 5.41) is 5.91. The second-order valence-electron chi connectivity index (χ2n) is 7.10. The van der Waals surface area contributed by atoms with Gasteiger partial charge in [0, 0.05) is 27.7 Å². The van der Waals surface area contributed by atoms with Gasteiger partial charge in [-0.1, -0.05) is 66.7 Å². The van der Waals surface area contributed by atoms with Crippen LogP contribution in [0.4, 0.5) is 0 Å². The van der Waals surface area contributed by atoms with Crippen LogP contribution in [0.5, 0.6) is 0 Å². The Morgan fingerprint density at radius 2 is 1.21 bits per heavy atom. The van der Waals surface area contributed by atoms with Gasteiger partial charge < -0.3 is 0 Å². The van der Waals surface area contributed by atoms with Crippen molar-refractivity contribution < 1.29 is 0 Å². The molecular weight excluding hydrogens is 340 g/mol. The number of nitrogens with zero attached hydrogens (tertiary/aromatic N) is 2. The van der Waals surface area contributed by atoms with E-state index in [-0.39, 0.29) is 0 Å². The lowest BCUT2D eigenvalue weighted by Gasteiger charge is -2.12. The molecule has 2 nitrogen and oxygen atoms in total. The molecule has 2 heterocycles. The molecule has 0 saturated carbocycles. The SMILES string of the molecule is c1ccc2nc3cccc(-c4cccc5ncc6ccccc6c45)c3cc2c1. The van der Waals surface area contributed by atoms with Gasteiger partial charge in [-0.3, -0.25) is 4.98 Å². The van der Waals surface area contributed by atoms with Crippen LogP contribution < -0.4 is 0 Å². The van der Waals surface area contributed by atoms with Crippen molar-refractivity contribution in [2.75, 3.05) is 0 Å². The Balaban J connectivity index is 1.78. The minimum atomic E-state index is 1.02. The summed E-state index contributed by atoms with van der Waals surface area (Å²) in [6, 6.07) is 31.7. The molecule has 0 fully saturated rings. The summed E-state index contributed by atoms with van der Waals surface area (Å²) < 4.78 is 0. The summed E-state index contributed by atoms with van der Waals surface area (Å²) in [4.78, 5) is 9.60. The lowest BCUT2D eigenvalue weighted by molar-refractivity contribution is 1.44. The van der Waals surface area contributed by atoms with Crippen LogP contribution in [-0.2, 0) is 0 Å². The predicted octanol–water partition coefficient (Wildman–Crippen LogP) is 6.76. The van der Waals surface area contributed by atoms with Crippen molar-refractivity contribution in [3.63, 3.8) is 0 Å². The smallest absolute Gasteiger partial charge is 0.0715 e. The lowest BCUT2D eigenvalue weighted by Crippen LogP contribution is -1.89. The lowest BCUT2D eigenvalue weighted by atomic mass is 9.94. The maximum absolute atomic E-state index is 4.89. The predicted molar refractivity (Wildman–Crippen MR) is 117 cm³/mol. The zero-order valence-electron chi connectivity index (χ0n) is 15.1. The molecule has 4 aromatic carbocycles. The topological polar surface area (TPSA) is 25.8 Å². The van der Waals surface area contributed by atoms with Gasteiger partial charge in [-0.15, -0.1) is 0 Å². The maximum atomic E-state index is 4.89. The van der Waals surface area contributed by atoms with E-state index < -0.39 is 0 Å². The Bertz CT molecular complexity index is 1520. The molecule has 6 aromatic rings. The molecular formula is C26H16N2. The number of aromatic nitrogens is 2. The molecule has 2 heteroatoms. The van der Waals surface area contributed by atoms with E-state index in [2.05, 4.69) is 84.9 Å². The van der Waals surface area contributed by atoms with Crippen LogP contribution in [0.2, 0.25) is 0 Å². The fourth-order valence-electron chi connectivity index (χ4n) is 4.17. The first kappa shape index (κ1) is 15.3. The molecule has 0 aliphatic carbocycles. The van der Waals surface area contributed by atoms with Crippen molar-refractivity contribution in [2.24, 2.45) is 0 Å². The van der Waals surface area contributed by atoms with Gasteiger partial charge in [0.25, 0.3) is 0 Å². The average molecular weight is 356 g/mol. The first-order valence-corrected chi connectivity index (χ1v) is 9.44. The monoisotopic (exact) mass is 356 g/mol.